The van der Waals surface area contributed by atoms with Gasteiger partial charge in [-0.25, -0.2) is 0 Å². The lowest BCUT2D eigenvalue weighted by molar-refractivity contribution is 0.165. The Morgan fingerprint density at radius 1 is 1.27 bits per heavy atom. The van der Waals surface area contributed by atoms with Crippen molar-refractivity contribution in [2.75, 3.05) is 6.07 Å². The Morgan fingerprint density at radius 2 is 1.91 bits per heavy atom. The summed E-state index contributed by atoms with van der Waals surface area (Å²) in [6.07, 6.45) is 0. The molecule has 60 valence electrons. The molecule has 0 aliphatic carbocycles. The van der Waals surface area contributed by atoms with Crippen molar-refractivity contribution in [2.45, 2.75) is 13.5 Å². The summed E-state index contributed by atoms with van der Waals surface area (Å²) < 4.78 is 5.02. The maximum atomic E-state index is 5.36. The molecule has 11 heavy (non-hydrogen) atoms. The minimum atomic E-state index is 0.258. The number of aryl methyl sites for hydroxylation is 1. The molecule has 1 nitrogen and oxygen atoms in total. The molecule has 0 atom stereocenters. The van der Waals surface area contributed by atoms with E-state index in [1.54, 1.807) is 0 Å². The number of ether oxygens (including phenoxy) is 1. The maximum absolute atomic E-state index is 5.36. The van der Waals surface area contributed by atoms with Crippen molar-refractivity contribution >= 4 is 11.6 Å². The highest BCUT2D eigenvalue weighted by molar-refractivity contribution is 6.17. The normalized spacial score (nSPS) is 10.0. The molecule has 2 heteroatoms. The molecule has 0 unspecified atom stereocenters. The maximum Gasteiger partial charge on any atom is 0.121 e. The van der Waals surface area contributed by atoms with Gasteiger partial charge >= 0.3 is 0 Å². The zero-order chi connectivity index (χ0) is 8.10. The van der Waals surface area contributed by atoms with Crippen LogP contribution in [0, 0.1) is 6.92 Å². The van der Waals surface area contributed by atoms with Crippen molar-refractivity contribution in [1.82, 2.24) is 0 Å². The van der Waals surface area contributed by atoms with Gasteiger partial charge in [-0.15, -0.1) is 0 Å². The fourth-order valence-corrected chi connectivity index (χ4v) is 0.918. The van der Waals surface area contributed by atoms with Crippen molar-refractivity contribution in [2.24, 2.45) is 0 Å². The topological polar surface area (TPSA) is 9.23 Å². The average Bonchev–Trinajstić information content (AvgIpc) is 2.04. The molecular weight excluding hydrogens is 160 g/mol. The van der Waals surface area contributed by atoms with E-state index in [1.165, 1.54) is 5.56 Å². The molecule has 0 heterocycles. The molecule has 0 spiro atoms. The van der Waals surface area contributed by atoms with Crippen LogP contribution in [0.25, 0.3) is 0 Å². The number of benzene rings is 1. The largest absolute Gasteiger partial charge is 0.361 e. The quantitative estimate of drug-likeness (QED) is 0.634. The van der Waals surface area contributed by atoms with E-state index < -0.39 is 0 Å². The fourth-order valence-electron chi connectivity index (χ4n) is 0.841. The van der Waals surface area contributed by atoms with Crippen molar-refractivity contribution in [3.63, 3.8) is 0 Å². The van der Waals surface area contributed by atoms with Crippen LogP contribution in [0.2, 0.25) is 0 Å². The molecule has 1 aromatic rings. The fraction of sp³-hybridized carbons (Fsp3) is 0.333. The lowest BCUT2D eigenvalue weighted by atomic mass is 10.2. The van der Waals surface area contributed by atoms with Gasteiger partial charge in [0, 0.05) is 0 Å². The average molecular weight is 171 g/mol. The van der Waals surface area contributed by atoms with Crippen LogP contribution in [0.15, 0.2) is 24.3 Å². The Morgan fingerprint density at radius 3 is 2.45 bits per heavy atom. The molecule has 1 aromatic carbocycles. The predicted molar refractivity (Wildman–Crippen MR) is 46.7 cm³/mol. The van der Waals surface area contributed by atoms with Crippen LogP contribution in [-0.2, 0) is 11.3 Å². The molecule has 0 aromatic heterocycles. The lowest BCUT2D eigenvalue weighted by Crippen LogP contribution is -1.89. The molecular formula is C9H11ClO. The van der Waals surface area contributed by atoms with Crippen molar-refractivity contribution < 1.29 is 4.74 Å². The van der Waals surface area contributed by atoms with Crippen LogP contribution in [0.5, 0.6) is 0 Å². The molecule has 1 rings (SSSR count). The van der Waals surface area contributed by atoms with Gasteiger partial charge < -0.3 is 4.74 Å². The van der Waals surface area contributed by atoms with Gasteiger partial charge in [0.05, 0.1) is 6.61 Å². The summed E-state index contributed by atoms with van der Waals surface area (Å²) in [4.78, 5) is 0. The summed E-state index contributed by atoms with van der Waals surface area (Å²) in [6, 6.07) is 8.47. The second kappa shape index (κ2) is 4.37. The van der Waals surface area contributed by atoms with E-state index in [9.17, 15) is 0 Å². The van der Waals surface area contributed by atoms with Crippen LogP contribution in [0.1, 0.15) is 11.1 Å². The Hall–Kier alpha value is -0.530. The van der Waals surface area contributed by atoms with E-state index in [0.717, 1.165) is 5.56 Å². The van der Waals surface area contributed by atoms with Crippen LogP contribution in [0.4, 0.5) is 0 Å². The minimum absolute atomic E-state index is 0.258. The van der Waals surface area contributed by atoms with Gasteiger partial charge in [0.15, 0.2) is 0 Å². The van der Waals surface area contributed by atoms with E-state index in [1.807, 2.05) is 12.1 Å². The molecule has 0 aliphatic heterocycles. The SMILES string of the molecule is Cc1ccc(COCCl)cc1. The Balaban J connectivity index is 2.52. The van der Waals surface area contributed by atoms with E-state index in [2.05, 4.69) is 19.1 Å². The zero-order valence-corrected chi connectivity index (χ0v) is 7.27. The zero-order valence-electron chi connectivity index (χ0n) is 6.51. The van der Waals surface area contributed by atoms with Gasteiger partial charge in [0.25, 0.3) is 0 Å². The molecule has 0 bridgehead atoms. The summed E-state index contributed by atoms with van der Waals surface area (Å²) >= 11 is 5.36. The first kappa shape index (κ1) is 8.57. The number of hydrogen-bond donors (Lipinski definition) is 0. The van der Waals surface area contributed by atoms with Gasteiger partial charge in [-0.3, -0.25) is 0 Å². The van der Waals surface area contributed by atoms with Gasteiger partial charge in [0.2, 0.25) is 0 Å². The van der Waals surface area contributed by atoms with E-state index in [-0.39, 0.29) is 6.07 Å². The smallest absolute Gasteiger partial charge is 0.121 e. The summed E-state index contributed by atoms with van der Waals surface area (Å²) in [6.45, 7) is 2.66. The summed E-state index contributed by atoms with van der Waals surface area (Å²) in [5.74, 6) is 0. The van der Waals surface area contributed by atoms with Gasteiger partial charge in [-0.2, -0.15) is 0 Å². The standard InChI is InChI=1S/C9H11ClO/c1-8-2-4-9(5-3-8)6-11-7-10/h2-5H,6-7H2,1H3. The van der Waals surface area contributed by atoms with Crippen molar-refractivity contribution in [1.29, 1.82) is 0 Å². The summed E-state index contributed by atoms with van der Waals surface area (Å²) in [7, 11) is 0. The van der Waals surface area contributed by atoms with E-state index in [4.69, 9.17) is 16.3 Å². The van der Waals surface area contributed by atoms with Crippen LogP contribution in [-0.4, -0.2) is 6.07 Å². The van der Waals surface area contributed by atoms with Crippen molar-refractivity contribution in [3.05, 3.63) is 35.4 Å². The molecule has 0 N–H and O–H groups in total. The Kier molecular flexibility index (Phi) is 3.40. The highest BCUT2D eigenvalue weighted by Crippen LogP contribution is 2.04. The summed E-state index contributed by atoms with van der Waals surface area (Å²) in [5, 5.41) is 0. The second-order valence-corrected chi connectivity index (χ2v) is 2.66. The van der Waals surface area contributed by atoms with Crippen LogP contribution >= 0.6 is 11.6 Å². The number of rotatable bonds is 3. The van der Waals surface area contributed by atoms with Gasteiger partial charge in [-0.1, -0.05) is 41.4 Å². The van der Waals surface area contributed by atoms with E-state index in [0.29, 0.717) is 6.61 Å². The monoisotopic (exact) mass is 170 g/mol. The lowest BCUT2D eigenvalue weighted by Gasteiger charge is -1.99. The van der Waals surface area contributed by atoms with Crippen molar-refractivity contribution in [3.8, 4) is 0 Å². The van der Waals surface area contributed by atoms with Crippen LogP contribution < -0.4 is 0 Å². The van der Waals surface area contributed by atoms with Crippen LogP contribution in [0.3, 0.4) is 0 Å². The molecule has 0 saturated carbocycles. The Labute approximate surface area is 71.9 Å². The Bertz CT molecular complexity index is 205. The second-order valence-electron chi connectivity index (χ2n) is 2.44. The van der Waals surface area contributed by atoms with Gasteiger partial charge in [-0.05, 0) is 12.5 Å². The minimum Gasteiger partial charge on any atom is -0.361 e. The number of hydrogen-bond acceptors (Lipinski definition) is 1. The molecule has 0 saturated heterocycles. The predicted octanol–water partition coefficient (Wildman–Crippen LogP) is 2.71. The van der Waals surface area contributed by atoms with Gasteiger partial charge in [0.1, 0.15) is 6.07 Å². The first-order chi connectivity index (χ1) is 5.33. The molecule has 0 radical (unpaired) electrons. The first-order valence-corrected chi connectivity index (χ1v) is 4.05. The molecule has 0 aliphatic rings. The summed E-state index contributed by atoms with van der Waals surface area (Å²) in [5.41, 5.74) is 2.43. The van der Waals surface area contributed by atoms with E-state index >= 15 is 0 Å². The third-order valence-corrected chi connectivity index (χ3v) is 1.62. The first-order valence-electron chi connectivity index (χ1n) is 3.52. The number of alkyl halides is 1. The highest BCUT2D eigenvalue weighted by Gasteiger charge is 1.90. The molecule has 0 amide bonds. The third kappa shape index (κ3) is 2.91. The third-order valence-electron chi connectivity index (χ3n) is 1.47. The highest BCUT2D eigenvalue weighted by atomic mass is 35.5. The number of halogens is 1. The molecule has 0 fully saturated rings.